The lowest BCUT2D eigenvalue weighted by molar-refractivity contribution is 0.0523. The smallest absolute Gasteiger partial charge is 0.407 e. The Morgan fingerprint density at radius 2 is 1.28 bits per heavy atom. The van der Waals surface area contributed by atoms with Crippen LogP contribution in [0.3, 0.4) is 0 Å². The van der Waals surface area contributed by atoms with E-state index in [1.165, 1.54) is 0 Å². The van der Waals surface area contributed by atoms with Crippen molar-refractivity contribution in [2.45, 2.75) is 32.9 Å². The fraction of sp³-hybridized carbons (Fsp3) is 0.375. The number of benzene rings is 2. The predicted octanol–water partition coefficient (Wildman–Crippen LogP) is 3.96. The molecule has 1 saturated heterocycles. The van der Waals surface area contributed by atoms with Crippen LogP contribution >= 0.6 is 11.6 Å². The van der Waals surface area contributed by atoms with Crippen molar-refractivity contribution in [3.63, 3.8) is 0 Å². The van der Waals surface area contributed by atoms with Gasteiger partial charge in [0, 0.05) is 48.9 Å². The number of alkyl carbamates (subject to hydrolysis) is 1. The summed E-state index contributed by atoms with van der Waals surface area (Å²) in [5.41, 5.74) is 1.48. The van der Waals surface area contributed by atoms with Crippen molar-refractivity contribution in [3.05, 3.63) is 70.2 Å². The summed E-state index contributed by atoms with van der Waals surface area (Å²) in [6.07, 6.45) is -0.483. The topological polar surface area (TPSA) is 79.0 Å². The molecule has 1 aliphatic heterocycles. The first-order valence-corrected chi connectivity index (χ1v) is 10.9. The molecule has 0 unspecified atom stereocenters. The van der Waals surface area contributed by atoms with E-state index in [1.807, 2.05) is 12.1 Å². The van der Waals surface area contributed by atoms with Crippen LogP contribution in [0.5, 0.6) is 0 Å². The van der Waals surface area contributed by atoms with Crippen molar-refractivity contribution >= 4 is 29.5 Å². The zero-order valence-corrected chi connectivity index (χ0v) is 19.3. The highest BCUT2D eigenvalue weighted by atomic mass is 35.5. The van der Waals surface area contributed by atoms with Crippen LogP contribution in [-0.2, 0) is 11.3 Å². The zero-order valence-electron chi connectivity index (χ0n) is 18.6. The van der Waals surface area contributed by atoms with Crippen molar-refractivity contribution in [1.82, 2.24) is 15.1 Å². The molecule has 7 nitrogen and oxygen atoms in total. The number of halogens is 1. The van der Waals surface area contributed by atoms with Crippen molar-refractivity contribution in [2.75, 3.05) is 26.2 Å². The molecule has 1 N–H and O–H groups in total. The molecule has 0 radical (unpaired) electrons. The molecule has 8 heteroatoms. The van der Waals surface area contributed by atoms with Gasteiger partial charge in [0.05, 0.1) is 0 Å². The standard InChI is InChI=1S/C24H28ClN3O4/c1-24(2,3)32-23(31)26-16-17-4-6-18(7-5-17)21(29)27-12-14-28(15-13-27)22(30)19-8-10-20(25)11-9-19/h4-11H,12-16H2,1-3H3,(H,26,31). The van der Waals surface area contributed by atoms with Gasteiger partial charge in [-0.05, 0) is 62.7 Å². The molecule has 1 aliphatic rings. The number of nitrogens with zero attached hydrogens (tertiary/aromatic N) is 2. The Balaban J connectivity index is 1.50. The third-order valence-electron chi connectivity index (χ3n) is 4.98. The summed E-state index contributed by atoms with van der Waals surface area (Å²) < 4.78 is 5.21. The highest BCUT2D eigenvalue weighted by molar-refractivity contribution is 6.30. The number of nitrogens with one attached hydrogen (secondary N) is 1. The number of hydrogen-bond donors (Lipinski definition) is 1. The number of ether oxygens (including phenoxy) is 1. The summed E-state index contributed by atoms with van der Waals surface area (Å²) in [5, 5.41) is 3.28. The molecule has 0 bridgehead atoms. The molecule has 0 aromatic heterocycles. The van der Waals surface area contributed by atoms with Gasteiger partial charge in [-0.3, -0.25) is 9.59 Å². The zero-order chi connectivity index (χ0) is 23.3. The number of amides is 3. The number of piperazine rings is 1. The van der Waals surface area contributed by atoms with E-state index in [-0.39, 0.29) is 11.8 Å². The summed E-state index contributed by atoms with van der Waals surface area (Å²) >= 11 is 5.89. The van der Waals surface area contributed by atoms with Crippen LogP contribution in [0.15, 0.2) is 48.5 Å². The molecule has 3 amide bonds. The van der Waals surface area contributed by atoms with Gasteiger partial charge in [-0.15, -0.1) is 0 Å². The molecule has 1 heterocycles. The number of rotatable bonds is 4. The van der Waals surface area contributed by atoms with E-state index in [2.05, 4.69) is 5.32 Å². The van der Waals surface area contributed by atoms with Crippen LogP contribution in [0.1, 0.15) is 47.1 Å². The van der Waals surface area contributed by atoms with Crippen molar-refractivity contribution in [3.8, 4) is 0 Å². The van der Waals surface area contributed by atoms with E-state index in [0.717, 1.165) is 5.56 Å². The maximum atomic E-state index is 12.8. The number of carbonyl (C=O) groups is 3. The Hall–Kier alpha value is -3.06. The van der Waals surface area contributed by atoms with E-state index < -0.39 is 11.7 Å². The minimum atomic E-state index is -0.552. The van der Waals surface area contributed by atoms with Crippen LogP contribution in [0, 0.1) is 0 Å². The molecule has 3 rings (SSSR count). The third kappa shape index (κ3) is 6.47. The maximum absolute atomic E-state index is 12.8. The van der Waals surface area contributed by atoms with E-state index in [4.69, 9.17) is 16.3 Å². The van der Waals surface area contributed by atoms with Crippen molar-refractivity contribution in [2.24, 2.45) is 0 Å². The van der Waals surface area contributed by atoms with Crippen molar-refractivity contribution in [1.29, 1.82) is 0 Å². The van der Waals surface area contributed by atoms with Crippen molar-refractivity contribution < 1.29 is 19.1 Å². The Kier molecular flexibility index (Phi) is 7.40. The number of carbonyl (C=O) groups excluding carboxylic acids is 3. The van der Waals surface area contributed by atoms with Gasteiger partial charge < -0.3 is 19.9 Å². The fourth-order valence-corrected chi connectivity index (χ4v) is 3.45. The monoisotopic (exact) mass is 457 g/mol. The molecule has 0 atom stereocenters. The van der Waals surface area contributed by atoms with E-state index in [9.17, 15) is 14.4 Å². The second-order valence-electron chi connectivity index (χ2n) is 8.64. The van der Waals surface area contributed by atoms with Gasteiger partial charge in [-0.25, -0.2) is 4.79 Å². The molecule has 2 aromatic carbocycles. The average molecular weight is 458 g/mol. The first kappa shape index (κ1) is 23.6. The van der Waals surface area contributed by atoms with E-state index in [0.29, 0.717) is 48.9 Å². The lowest BCUT2D eigenvalue weighted by Crippen LogP contribution is -2.50. The predicted molar refractivity (Wildman–Crippen MR) is 123 cm³/mol. The van der Waals surface area contributed by atoms with Crippen LogP contribution in [-0.4, -0.2) is 59.5 Å². The second-order valence-corrected chi connectivity index (χ2v) is 9.08. The largest absolute Gasteiger partial charge is 0.444 e. The summed E-state index contributed by atoms with van der Waals surface area (Å²) in [4.78, 5) is 40.7. The first-order valence-electron chi connectivity index (χ1n) is 10.5. The second kappa shape index (κ2) is 10.0. The minimum absolute atomic E-state index is 0.0596. The highest BCUT2D eigenvalue weighted by Crippen LogP contribution is 2.15. The van der Waals surface area contributed by atoms with Gasteiger partial charge in [-0.1, -0.05) is 23.7 Å². The molecule has 32 heavy (non-hydrogen) atoms. The summed E-state index contributed by atoms with van der Waals surface area (Å²) in [5.74, 6) is -0.133. The lowest BCUT2D eigenvalue weighted by Gasteiger charge is -2.35. The molecular formula is C24H28ClN3O4. The molecule has 0 aliphatic carbocycles. The third-order valence-corrected chi connectivity index (χ3v) is 5.23. The molecule has 0 saturated carbocycles. The summed E-state index contributed by atoms with van der Waals surface area (Å²) in [7, 11) is 0. The van der Waals surface area contributed by atoms with Gasteiger partial charge in [0.1, 0.15) is 5.60 Å². The molecule has 0 spiro atoms. The molecule has 1 fully saturated rings. The van der Waals surface area contributed by atoms with Crippen LogP contribution in [0.25, 0.3) is 0 Å². The molecular weight excluding hydrogens is 430 g/mol. The molecule has 170 valence electrons. The van der Waals surface area contributed by atoms with Gasteiger partial charge >= 0.3 is 6.09 Å². The minimum Gasteiger partial charge on any atom is -0.444 e. The normalized spacial score (nSPS) is 14.1. The quantitative estimate of drug-likeness (QED) is 0.753. The maximum Gasteiger partial charge on any atom is 0.407 e. The Morgan fingerprint density at radius 1 is 0.844 bits per heavy atom. The van der Waals surface area contributed by atoms with E-state index in [1.54, 1.807) is 67.0 Å². The van der Waals surface area contributed by atoms with Gasteiger partial charge in [-0.2, -0.15) is 0 Å². The Labute approximate surface area is 193 Å². The molecule has 2 aromatic rings. The van der Waals surface area contributed by atoms with Crippen LogP contribution < -0.4 is 5.32 Å². The average Bonchev–Trinajstić information content (AvgIpc) is 2.76. The van der Waals surface area contributed by atoms with E-state index >= 15 is 0 Å². The first-order chi connectivity index (χ1) is 15.1. The van der Waals surface area contributed by atoms with Gasteiger partial charge in [0.25, 0.3) is 11.8 Å². The SMILES string of the molecule is CC(C)(C)OC(=O)NCc1ccc(C(=O)N2CCN(C(=O)c3ccc(Cl)cc3)CC2)cc1. The fourth-order valence-electron chi connectivity index (χ4n) is 3.32. The highest BCUT2D eigenvalue weighted by Gasteiger charge is 2.25. The Bertz CT molecular complexity index is 960. The number of hydrogen-bond acceptors (Lipinski definition) is 4. The summed E-state index contributed by atoms with van der Waals surface area (Å²) in [6.45, 7) is 7.63. The Morgan fingerprint density at radius 3 is 1.72 bits per heavy atom. The lowest BCUT2D eigenvalue weighted by atomic mass is 10.1. The summed E-state index contributed by atoms with van der Waals surface area (Å²) in [6, 6.07) is 13.9. The van der Waals surface area contributed by atoms with Gasteiger partial charge in [0.2, 0.25) is 0 Å². The van der Waals surface area contributed by atoms with Crippen LogP contribution in [0.2, 0.25) is 5.02 Å². The van der Waals surface area contributed by atoms with Gasteiger partial charge in [0.15, 0.2) is 0 Å². The van der Waals surface area contributed by atoms with Crippen LogP contribution in [0.4, 0.5) is 4.79 Å².